The highest BCUT2D eigenvalue weighted by molar-refractivity contribution is 7.91. The fraction of sp³-hybridized carbons (Fsp3) is 0.111. The molecule has 11 heteroatoms. The molecule has 0 amide bonds. The molecule has 2 rings (SSSR count). The second-order valence-corrected chi connectivity index (χ2v) is 6.31. The zero-order valence-corrected chi connectivity index (χ0v) is 11.0. The summed E-state index contributed by atoms with van der Waals surface area (Å²) in [7, 11) is -4.00. The van der Waals surface area contributed by atoms with Gasteiger partial charge in [0.1, 0.15) is 5.75 Å². The monoisotopic (exact) mass is 326 g/mol. The highest BCUT2D eigenvalue weighted by Crippen LogP contribution is 2.29. The summed E-state index contributed by atoms with van der Waals surface area (Å²) in [6, 6.07) is 3.36. The second-order valence-electron chi connectivity index (χ2n) is 3.54. The van der Waals surface area contributed by atoms with Gasteiger partial charge in [-0.15, -0.1) is 11.3 Å². The van der Waals surface area contributed by atoms with E-state index in [9.17, 15) is 26.4 Å². The Kier molecular flexibility index (Phi) is 3.44. The number of benzene rings is 1. The Labute approximate surface area is 114 Å². The normalized spacial score (nSPS) is 12.6. The fourth-order valence-corrected chi connectivity index (χ4v) is 2.92. The van der Waals surface area contributed by atoms with Crippen LogP contribution in [0.1, 0.15) is 0 Å². The first-order chi connectivity index (χ1) is 9.07. The third kappa shape index (κ3) is 3.05. The lowest BCUT2D eigenvalue weighted by atomic mass is 10.3. The van der Waals surface area contributed by atoms with Gasteiger partial charge in [0, 0.05) is 6.07 Å². The van der Waals surface area contributed by atoms with Crippen LogP contribution in [0.2, 0.25) is 0 Å². The maximum absolute atomic E-state index is 12.0. The number of sulfonamides is 1. The van der Waals surface area contributed by atoms with Crippen molar-refractivity contribution in [3.05, 3.63) is 18.2 Å². The lowest BCUT2D eigenvalue weighted by molar-refractivity contribution is -0.189. The van der Waals surface area contributed by atoms with E-state index in [0.29, 0.717) is 11.3 Å². The van der Waals surface area contributed by atoms with Crippen molar-refractivity contribution in [2.75, 3.05) is 0 Å². The number of ether oxygens (including phenoxy) is 1. The highest BCUT2D eigenvalue weighted by atomic mass is 32.2. The molecular weight excluding hydrogens is 321 g/mol. The van der Waals surface area contributed by atoms with E-state index in [-0.39, 0.29) is 20.3 Å². The SMILES string of the molecule is NS(=O)(=O)c1nc2ccc(OC(=O)C(F)(F)F)cc2s1. The van der Waals surface area contributed by atoms with Crippen molar-refractivity contribution >= 4 is 37.5 Å². The summed E-state index contributed by atoms with van der Waals surface area (Å²) < 4.78 is 62.2. The minimum absolute atomic E-state index is 0.214. The molecule has 6 nitrogen and oxygen atoms in total. The van der Waals surface area contributed by atoms with Crippen LogP contribution in [0.5, 0.6) is 5.75 Å². The zero-order chi connectivity index (χ0) is 15.1. The molecule has 1 heterocycles. The van der Waals surface area contributed by atoms with E-state index >= 15 is 0 Å². The number of carbonyl (C=O) groups excluding carboxylic acids is 1. The van der Waals surface area contributed by atoms with Crippen LogP contribution in [0.3, 0.4) is 0 Å². The molecule has 0 aliphatic heterocycles. The molecule has 1 aromatic carbocycles. The van der Waals surface area contributed by atoms with Crippen molar-refractivity contribution in [3.63, 3.8) is 0 Å². The molecule has 0 saturated carbocycles. The number of nitrogens with zero attached hydrogens (tertiary/aromatic N) is 1. The number of carbonyl (C=O) groups is 1. The maximum Gasteiger partial charge on any atom is 0.491 e. The van der Waals surface area contributed by atoms with Gasteiger partial charge in [-0.05, 0) is 12.1 Å². The molecule has 0 radical (unpaired) electrons. The van der Waals surface area contributed by atoms with Crippen LogP contribution in [0.4, 0.5) is 13.2 Å². The summed E-state index contributed by atoms with van der Waals surface area (Å²) in [6.07, 6.45) is -5.12. The molecule has 0 spiro atoms. The fourth-order valence-electron chi connectivity index (χ4n) is 1.23. The number of rotatable bonds is 2. The maximum atomic E-state index is 12.0. The van der Waals surface area contributed by atoms with Crippen molar-refractivity contribution in [2.45, 2.75) is 10.5 Å². The van der Waals surface area contributed by atoms with Crippen LogP contribution >= 0.6 is 11.3 Å². The van der Waals surface area contributed by atoms with Gasteiger partial charge in [0.25, 0.3) is 10.0 Å². The lowest BCUT2D eigenvalue weighted by Crippen LogP contribution is -2.27. The van der Waals surface area contributed by atoms with Crippen LogP contribution < -0.4 is 9.88 Å². The summed E-state index contributed by atoms with van der Waals surface area (Å²) in [5.41, 5.74) is 0.214. The number of nitrogens with two attached hydrogens (primary N) is 1. The molecule has 0 atom stereocenters. The molecule has 20 heavy (non-hydrogen) atoms. The number of halogens is 3. The third-order valence-electron chi connectivity index (χ3n) is 2.03. The first-order valence-electron chi connectivity index (χ1n) is 4.80. The molecule has 0 unspecified atom stereocenters. The molecule has 0 saturated heterocycles. The Morgan fingerprint density at radius 1 is 1.35 bits per heavy atom. The van der Waals surface area contributed by atoms with Crippen LogP contribution in [-0.4, -0.2) is 25.5 Å². The molecule has 0 fully saturated rings. The topological polar surface area (TPSA) is 99.4 Å². The summed E-state index contributed by atoms with van der Waals surface area (Å²) in [4.78, 5) is 14.4. The van der Waals surface area contributed by atoms with Crippen molar-refractivity contribution < 1.29 is 31.1 Å². The Morgan fingerprint density at radius 3 is 2.55 bits per heavy atom. The average Bonchev–Trinajstić information content (AvgIpc) is 2.70. The molecule has 2 aromatic rings. The van der Waals surface area contributed by atoms with Crippen LogP contribution in [0.25, 0.3) is 10.2 Å². The molecule has 0 aliphatic carbocycles. The summed E-state index contributed by atoms with van der Waals surface area (Å²) in [5.74, 6) is -2.74. The average molecular weight is 326 g/mol. The van der Waals surface area contributed by atoms with E-state index in [1.54, 1.807) is 0 Å². The van der Waals surface area contributed by atoms with Crippen molar-refractivity contribution in [1.29, 1.82) is 0 Å². The second kappa shape index (κ2) is 4.68. The molecule has 1 aromatic heterocycles. The van der Waals surface area contributed by atoms with Gasteiger partial charge in [-0.2, -0.15) is 13.2 Å². The van der Waals surface area contributed by atoms with E-state index in [0.717, 1.165) is 12.1 Å². The molecule has 0 bridgehead atoms. The first-order valence-corrected chi connectivity index (χ1v) is 7.16. The Balaban J connectivity index is 2.37. The number of alkyl halides is 3. The van der Waals surface area contributed by atoms with Gasteiger partial charge >= 0.3 is 12.1 Å². The largest absolute Gasteiger partial charge is 0.491 e. The number of aromatic nitrogens is 1. The third-order valence-corrected chi connectivity index (χ3v) is 4.36. The van der Waals surface area contributed by atoms with Crippen LogP contribution in [-0.2, 0) is 14.8 Å². The Bertz CT molecular complexity index is 782. The van der Waals surface area contributed by atoms with E-state index in [4.69, 9.17) is 5.14 Å². The van der Waals surface area contributed by atoms with E-state index in [1.165, 1.54) is 6.07 Å². The zero-order valence-electron chi connectivity index (χ0n) is 9.34. The van der Waals surface area contributed by atoms with Crippen LogP contribution in [0, 0.1) is 0 Å². The van der Waals surface area contributed by atoms with Gasteiger partial charge in [-0.1, -0.05) is 0 Å². The van der Waals surface area contributed by atoms with Gasteiger partial charge in [0.05, 0.1) is 10.2 Å². The number of primary sulfonamides is 1. The first kappa shape index (κ1) is 14.7. The van der Waals surface area contributed by atoms with Gasteiger partial charge < -0.3 is 4.74 Å². The van der Waals surface area contributed by atoms with Crippen molar-refractivity contribution in [1.82, 2.24) is 4.98 Å². The van der Waals surface area contributed by atoms with E-state index < -0.39 is 22.2 Å². The number of hydrogen-bond acceptors (Lipinski definition) is 6. The Hall–Kier alpha value is -1.72. The van der Waals surface area contributed by atoms with E-state index in [2.05, 4.69) is 9.72 Å². The van der Waals surface area contributed by atoms with Gasteiger partial charge in [0.15, 0.2) is 0 Å². The van der Waals surface area contributed by atoms with Gasteiger partial charge in [-0.3, -0.25) is 0 Å². The number of hydrogen-bond donors (Lipinski definition) is 1. The summed E-state index contributed by atoms with van der Waals surface area (Å²) in [6.45, 7) is 0. The van der Waals surface area contributed by atoms with Crippen molar-refractivity contribution in [2.24, 2.45) is 5.14 Å². The Morgan fingerprint density at radius 2 is 2.00 bits per heavy atom. The summed E-state index contributed by atoms with van der Waals surface area (Å²) in [5, 5.41) is 4.88. The molecular formula is C9H5F3N2O4S2. The smallest absolute Gasteiger partial charge is 0.420 e. The van der Waals surface area contributed by atoms with Gasteiger partial charge in [0.2, 0.25) is 4.34 Å². The molecule has 108 valence electrons. The van der Waals surface area contributed by atoms with Gasteiger partial charge in [-0.25, -0.2) is 23.3 Å². The number of esters is 1. The van der Waals surface area contributed by atoms with E-state index in [1.807, 2.05) is 0 Å². The lowest BCUT2D eigenvalue weighted by Gasteiger charge is -2.06. The minimum atomic E-state index is -5.12. The highest BCUT2D eigenvalue weighted by Gasteiger charge is 2.41. The number of fused-ring (bicyclic) bond motifs is 1. The van der Waals surface area contributed by atoms with Crippen molar-refractivity contribution in [3.8, 4) is 5.75 Å². The molecule has 0 aliphatic rings. The quantitative estimate of drug-likeness (QED) is 0.664. The minimum Gasteiger partial charge on any atom is -0.420 e. The predicted octanol–water partition coefficient (Wildman–Crippen LogP) is 1.41. The standard InChI is InChI=1S/C9H5F3N2O4S2/c10-9(11,12)7(15)18-4-1-2-5-6(3-4)19-8(14-5)20(13,16)17/h1-3H,(H2,13,16,17). The summed E-state index contributed by atoms with van der Waals surface area (Å²) >= 11 is 0.656. The number of thiazole rings is 1. The molecule has 2 N–H and O–H groups in total. The van der Waals surface area contributed by atoms with Crippen LogP contribution in [0.15, 0.2) is 22.5 Å². The predicted molar refractivity (Wildman–Crippen MR) is 62.7 cm³/mol.